The van der Waals surface area contributed by atoms with Crippen LogP contribution in [0.5, 0.6) is 0 Å². The van der Waals surface area contributed by atoms with E-state index in [0.29, 0.717) is 11.3 Å². The topological polar surface area (TPSA) is 96.0 Å². The Bertz CT molecular complexity index is 740. The SMILES string of the molecule is Cc1ccc(C(=N)N)cc1NS(=O)(=O)c1ccccc1. The van der Waals surface area contributed by atoms with Crippen molar-refractivity contribution in [3.63, 3.8) is 0 Å². The summed E-state index contributed by atoms with van der Waals surface area (Å²) >= 11 is 0. The molecule has 0 spiro atoms. The highest BCUT2D eigenvalue weighted by molar-refractivity contribution is 7.92. The summed E-state index contributed by atoms with van der Waals surface area (Å²) in [6, 6.07) is 13.1. The Morgan fingerprint density at radius 2 is 1.80 bits per heavy atom. The molecule has 0 amide bonds. The van der Waals surface area contributed by atoms with Crippen molar-refractivity contribution < 1.29 is 8.42 Å². The number of nitrogens with one attached hydrogen (secondary N) is 2. The van der Waals surface area contributed by atoms with Crippen molar-refractivity contribution in [2.75, 3.05) is 4.72 Å². The van der Waals surface area contributed by atoms with Crippen LogP contribution < -0.4 is 10.5 Å². The predicted octanol–water partition coefficient (Wildman–Crippen LogP) is 2.08. The van der Waals surface area contributed by atoms with Gasteiger partial charge in [-0.25, -0.2) is 8.42 Å². The summed E-state index contributed by atoms with van der Waals surface area (Å²) in [6.07, 6.45) is 0. The van der Waals surface area contributed by atoms with Gasteiger partial charge < -0.3 is 5.73 Å². The molecule has 0 atom stereocenters. The van der Waals surface area contributed by atoms with E-state index < -0.39 is 10.0 Å². The van der Waals surface area contributed by atoms with Gasteiger partial charge >= 0.3 is 0 Å². The Kier molecular flexibility index (Phi) is 3.76. The van der Waals surface area contributed by atoms with Crippen LogP contribution in [0.15, 0.2) is 53.4 Å². The number of aryl methyl sites for hydroxylation is 1. The second-order valence-corrected chi connectivity index (χ2v) is 6.04. The van der Waals surface area contributed by atoms with Crippen molar-refractivity contribution in [2.45, 2.75) is 11.8 Å². The second-order valence-electron chi connectivity index (χ2n) is 4.36. The van der Waals surface area contributed by atoms with E-state index in [0.717, 1.165) is 5.56 Å². The van der Waals surface area contributed by atoms with E-state index in [9.17, 15) is 8.42 Å². The maximum absolute atomic E-state index is 12.2. The molecule has 0 aromatic heterocycles. The van der Waals surface area contributed by atoms with Crippen LogP contribution in [0.1, 0.15) is 11.1 Å². The van der Waals surface area contributed by atoms with E-state index in [1.54, 1.807) is 43.3 Å². The molecule has 2 aromatic rings. The summed E-state index contributed by atoms with van der Waals surface area (Å²) in [7, 11) is -3.64. The monoisotopic (exact) mass is 289 g/mol. The first kappa shape index (κ1) is 14.1. The van der Waals surface area contributed by atoms with E-state index in [4.69, 9.17) is 11.1 Å². The van der Waals surface area contributed by atoms with Crippen molar-refractivity contribution in [3.8, 4) is 0 Å². The molecule has 0 aliphatic carbocycles. The minimum atomic E-state index is -3.64. The second kappa shape index (κ2) is 5.34. The minimum Gasteiger partial charge on any atom is -0.384 e. The molecule has 0 saturated heterocycles. The molecule has 0 radical (unpaired) electrons. The molecule has 5 nitrogen and oxygen atoms in total. The molecular formula is C14H15N3O2S. The number of nitrogen functional groups attached to an aromatic ring is 1. The highest BCUT2D eigenvalue weighted by Crippen LogP contribution is 2.21. The lowest BCUT2D eigenvalue weighted by Crippen LogP contribution is -2.16. The fraction of sp³-hybridized carbons (Fsp3) is 0.0714. The Hall–Kier alpha value is -2.34. The third kappa shape index (κ3) is 2.97. The van der Waals surface area contributed by atoms with Gasteiger partial charge in [-0.1, -0.05) is 30.3 Å². The summed E-state index contributed by atoms with van der Waals surface area (Å²) in [5.41, 5.74) is 7.06. The van der Waals surface area contributed by atoms with Gasteiger partial charge in [-0.2, -0.15) is 0 Å². The smallest absolute Gasteiger partial charge is 0.261 e. The van der Waals surface area contributed by atoms with Crippen LogP contribution >= 0.6 is 0 Å². The number of rotatable bonds is 4. The van der Waals surface area contributed by atoms with E-state index in [2.05, 4.69) is 4.72 Å². The standard InChI is InChI=1S/C14H15N3O2S/c1-10-7-8-11(14(15)16)9-13(10)17-20(18,19)12-5-3-2-4-6-12/h2-9,17H,1H3,(H3,15,16). The Balaban J connectivity index is 2.39. The highest BCUT2D eigenvalue weighted by Gasteiger charge is 2.15. The quantitative estimate of drug-likeness (QED) is 0.594. The van der Waals surface area contributed by atoms with Crippen LogP contribution in [-0.2, 0) is 10.0 Å². The molecule has 0 bridgehead atoms. The molecule has 0 aliphatic heterocycles. The zero-order valence-corrected chi connectivity index (χ0v) is 11.7. The lowest BCUT2D eigenvalue weighted by Gasteiger charge is -2.12. The average Bonchev–Trinajstić information content (AvgIpc) is 2.42. The number of hydrogen-bond donors (Lipinski definition) is 3. The number of sulfonamides is 1. The molecular weight excluding hydrogens is 274 g/mol. The van der Waals surface area contributed by atoms with Gasteiger partial charge in [0.05, 0.1) is 10.6 Å². The van der Waals surface area contributed by atoms with Crippen molar-refractivity contribution in [1.29, 1.82) is 5.41 Å². The molecule has 104 valence electrons. The van der Waals surface area contributed by atoms with Crippen LogP contribution in [0.25, 0.3) is 0 Å². The zero-order chi connectivity index (χ0) is 14.8. The minimum absolute atomic E-state index is 0.106. The molecule has 0 aliphatic rings. The number of benzene rings is 2. The molecule has 0 fully saturated rings. The largest absolute Gasteiger partial charge is 0.384 e. The first-order chi connectivity index (χ1) is 9.40. The molecule has 6 heteroatoms. The molecule has 2 rings (SSSR count). The van der Waals surface area contributed by atoms with Crippen LogP contribution in [0.4, 0.5) is 5.69 Å². The van der Waals surface area contributed by atoms with Gasteiger partial charge in [0.25, 0.3) is 10.0 Å². The molecule has 2 aromatic carbocycles. The Morgan fingerprint density at radius 3 is 2.40 bits per heavy atom. The Morgan fingerprint density at radius 1 is 1.15 bits per heavy atom. The summed E-state index contributed by atoms with van der Waals surface area (Å²) in [5, 5.41) is 7.40. The number of hydrogen-bond acceptors (Lipinski definition) is 3. The van der Waals surface area contributed by atoms with Gasteiger partial charge in [-0.05, 0) is 30.7 Å². The van der Waals surface area contributed by atoms with Crippen molar-refractivity contribution in [3.05, 3.63) is 59.7 Å². The maximum atomic E-state index is 12.2. The summed E-state index contributed by atoms with van der Waals surface area (Å²) in [4.78, 5) is 0.188. The maximum Gasteiger partial charge on any atom is 0.261 e. The van der Waals surface area contributed by atoms with Gasteiger partial charge in [-0.15, -0.1) is 0 Å². The average molecular weight is 289 g/mol. The number of nitrogens with two attached hydrogens (primary N) is 1. The fourth-order valence-corrected chi connectivity index (χ4v) is 2.85. The molecule has 0 heterocycles. The van der Waals surface area contributed by atoms with Crippen molar-refractivity contribution in [1.82, 2.24) is 0 Å². The first-order valence-electron chi connectivity index (χ1n) is 5.93. The lowest BCUT2D eigenvalue weighted by atomic mass is 10.1. The molecule has 4 N–H and O–H groups in total. The Labute approximate surface area is 118 Å². The van der Waals surface area contributed by atoms with Crippen LogP contribution in [0.3, 0.4) is 0 Å². The van der Waals surface area contributed by atoms with E-state index in [1.165, 1.54) is 12.1 Å². The van der Waals surface area contributed by atoms with Crippen LogP contribution in [0, 0.1) is 12.3 Å². The molecule has 20 heavy (non-hydrogen) atoms. The van der Waals surface area contributed by atoms with Crippen molar-refractivity contribution in [2.24, 2.45) is 5.73 Å². The van der Waals surface area contributed by atoms with E-state index >= 15 is 0 Å². The van der Waals surface area contributed by atoms with Gasteiger partial charge in [0.15, 0.2) is 0 Å². The highest BCUT2D eigenvalue weighted by atomic mass is 32.2. The van der Waals surface area contributed by atoms with E-state index in [-0.39, 0.29) is 10.7 Å². The summed E-state index contributed by atoms with van der Waals surface area (Å²) in [5.74, 6) is -0.106. The van der Waals surface area contributed by atoms with E-state index in [1.807, 2.05) is 0 Å². The van der Waals surface area contributed by atoms with Gasteiger partial charge in [0.1, 0.15) is 5.84 Å². The number of amidine groups is 1. The zero-order valence-electron chi connectivity index (χ0n) is 10.9. The lowest BCUT2D eigenvalue weighted by molar-refractivity contribution is 0.601. The third-order valence-corrected chi connectivity index (χ3v) is 4.23. The van der Waals surface area contributed by atoms with Crippen LogP contribution in [-0.4, -0.2) is 14.3 Å². The number of anilines is 1. The van der Waals surface area contributed by atoms with Crippen LogP contribution in [0.2, 0.25) is 0 Å². The summed E-state index contributed by atoms with van der Waals surface area (Å²) < 4.78 is 27.0. The molecule has 0 saturated carbocycles. The predicted molar refractivity (Wildman–Crippen MR) is 79.4 cm³/mol. The van der Waals surface area contributed by atoms with Crippen molar-refractivity contribution >= 4 is 21.5 Å². The summed E-state index contributed by atoms with van der Waals surface area (Å²) in [6.45, 7) is 1.78. The third-order valence-electron chi connectivity index (χ3n) is 2.85. The van der Waals surface area contributed by atoms with Gasteiger partial charge in [-0.3, -0.25) is 10.1 Å². The van der Waals surface area contributed by atoms with Gasteiger partial charge in [0.2, 0.25) is 0 Å². The normalized spacial score (nSPS) is 11.1. The first-order valence-corrected chi connectivity index (χ1v) is 7.41. The van der Waals surface area contributed by atoms with Gasteiger partial charge in [0, 0.05) is 5.56 Å². The fourth-order valence-electron chi connectivity index (χ4n) is 1.70. The molecule has 0 unspecified atom stereocenters.